The van der Waals surface area contributed by atoms with Crippen LogP contribution in [0.1, 0.15) is 36.0 Å². The van der Waals surface area contributed by atoms with Crippen molar-refractivity contribution < 1.29 is 14.3 Å². The molecule has 0 unspecified atom stereocenters. The fourth-order valence-corrected chi connectivity index (χ4v) is 3.45. The van der Waals surface area contributed by atoms with E-state index < -0.39 is 0 Å². The lowest BCUT2D eigenvalue weighted by Crippen LogP contribution is -2.38. The van der Waals surface area contributed by atoms with Gasteiger partial charge >= 0.3 is 0 Å². The maximum absolute atomic E-state index is 12.5. The number of amides is 2. The van der Waals surface area contributed by atoms with Crippen molar-refractivity contribution in [3.8, 4) is 5.75 Å². The van der Waals surface area contributed by atoms with Crippen molar-refractivity contribution in [3.63, 3.8) is 0 Å². The molecule has 2 amide bonds. The van der Waals surface area contributed by atoms with Gasteiger partial charge in [0, 0.05) is 36.8 Å². The molecule has 5 heteroatoms. The van der Waals surface area contributed by atoms with Gasteiger partial charge < -0.3 is 15.0 Å². The molecule has 3 rings (SSSR count). The third kappa shape index (κ3) is 5.33. The Balaban J connectivity index is 1.41. The Morgan fingerprint density at radius 1 is 1.07 bits per heavy atom. The Morgan fingerprint density at radius 3 is 2.52 bits per heavy atom. The summed E-state index contributed by atoms with van der Waals surface area (Å²) in [4.78, 5) is 26.6. The van der Waals surface area contributed by atoms with Crippen LogP contribution in [0.2, 0.25) is 0 Å². The van der Waals surface area contributed by atoms with E-state index in [0.29, 0.717) is 12.3 Å². The van der Waals surface area contributed by atoms with Gasteiger partial charge in [0.05, 0.1) is 7.11 Å². The van der Waals surface area contributed by atoms with Gasteiger partial charge in [0.1, 0.15) is 5.75 Å². The Morgan fingerprint density at radius 2 is 1.81 bits per heavy atom. The van der Waals surface area contributed by atoms with E-state index >= 15 is 0 Å². The molecule has 1 saturated heterocycles. The van der Waals surface area contributed by atoms with Crippen LogP contribution in [-0.2, 0) is 4.79 Å². The third-order valence-corrected chi connectivity index (χ3v) is 5.06. The zero-order valence-electron chi connectivity index (χ0n) is 15.7. The SMILES string of the molecule is COc1cccc(NC(=O)CCC2CCN(C(=O)c3ccccc3)CC2)c1. The van der Waals surface area contributed by atoms with E-state index in [1.54, 1.807) is 7.11 Å². The predicted molar refractivity (Wildman–Crippen MR) is 106 cm³/mol. The summed E-state index contributed by atoms with van der Waals surface area (Å²) in [5.74, 6) is 1.33. The highest BCUT2D eigenvalue weighted by atomic mass is 16.5. The molecule has 5 nitrogen and oxygen atoms in total. The third-order valence-electron chi connectivity index (χ3n) is 5.06. The number of nitrogens with zero attached hydrogens (tertiary/aromatic N) is 1. The van der Waals surface area contributed by atoms with Crippen molar-refractivity contribution in [2.24, 2.45) is 5.92 Å². The monoisotopic (exact) mass is 366 g/mol. The summed E-state index contributed by atoms with van der Waals surface area (Å²) in [5.41, 5.74) is 1.50. The number of hydrogen-bond donors (Lipinski definition) is 1. The lowest BCUT2D eigenvalue weighted by molar-refractivity contribution is -0.116. The number of carbonyl (C=O) groups is 2. The number of methoxy groups -OCH3 is 1. The van der Waals surface area contributed by atoms with E-state index in [2.05, 4.69) is 5.32 Å². The van der Waals surface area contributed by atoms with Crippen molar-refractivity contribution in [2.45, 2.75) is 25.7 Å². The molecule has 0 bridgehead atoms. The molecule has 1 aliphatic heterocycles. The molecule has 0 atom stereocenters. The van der Waals surface area contributed by atoms with E-state index in [1.807, 2.05) is 59.5 Å². The molecule has 1 fully saturated rings. The first-order chi connectivity index (χ1) is 13.2. The lowest BCUT2D eigenvalue weighted by atomic mass is 9.91. The van der Waals surface area contributed by atoms with Crippen molar-refractivity contribution in [1.82, 2.24) is 4.90 Å². The molecule has 1 heterocycles. The van der Waals surface area contributed by atoms with Crippen LogP contribution >= 0.6 is 0 Å². The van der Waals surface area contributed by atoms with Gasteiger partial charge in [-0.2, -0.15) is 0 Å². The van der Waals surface area contributed by atoms with Crippen molar-refractivity contribution in [1.29, 1.82) is 0 Å². The molecule has 0 saturated carbocycles. The number of benzene rings is 2. The van der Waals surface area contributed by atoms with Crippen LogP contribution in [0.3, 0.4) is 0 Å². The van der Waals surface area contributed by atoms with Gasteiger partial charge in [-0.05, 0) is 49.4 Å². The molecule has 27 heavy (non-hydrogen) atoms. The van der Waals surface area contributed by atoms with Gasteiger partial charge in [0.2, 0.25) is 5.91 Å². The van der Waals surface area contributed by atoms with Gasteiger partial charge in [-0.3, -0.25) is 9.59 Å². The molecular formula is C22H26N2O3. The minimum absolute atomic E-state index is 0.0195. The summed E-state index contributed by atoms with van der Waals surface area (Å²) in [5, 5.41) is 2.92. The van der Waals surface area contributed by atoms with Gasteiger partial charge in [0.15, 0.2) is 0 Å². The number of anilines is 1. The van der Waals surface area contributed by atoms with Crippen molar-refractivity contribution in [3.05, 3.63) is 60.2 Å². The maximum Gasteiger partial charge on any atom is 0.253 e. The van der Waals surface area contributed by atoms with Gasteiger partial charge in [-0.25, -0.2) is 0 Å². The summed E-state index contributed by atoms with van der Waals surface area (Å²) in [6.45, 7) is 1.52. The summed E-state index contributed by atoms with van der Waals surface area (Å²) < 4.78 is 5.17. The number of nitrogens with one attached hydrogen (secondary N) is 1. The normalized spacial score (nSPS) is 14.6. The first-order valence-corrected chi connectivity index (χ1v) is 9.44. The van der Waals surface area contributed by atoms with E-state index in [-0.39, 0.29) is 11.8 Å². The van der Waals surface area contributed by atoms with E-state index in [1.165, 1.54) is 0 Å². The number of piperidine rings is 1. The fourth-order valence-electron chi connectivity index (χ4n) is 3.45. The highest BCUT2D eigenvalue weighted by Crippen LogP contribution is 2.24. The summed E-state index contributed by atoms with van der Waals surface area (Å²) in [7, 11) is 1.61. The quantitative estimate of drug-likeness (QED) is 0.842. The molecule has 2 aromatic carbocycles. The number of ether oxygens (including phenoxy) is 1. The molecule has 0 radical (unpaired) electrons. The second kappa shape index (κ2) is 9.21. The molecule has 0 aromatic heterocycles. The van der Waals surface area contributed by atoms with Crippen LogP contribution < -0.4 is 10.1 Å². The number of hydrogen-bond acceptors (Lipinski definition) is 3. The zero-order valence-corrected chi connectivity index (χ0v) is 15.7. The van der Waals surface area contributed by atoms with Crippen LogP contribution in [0, 0.1) is 5.92 Å². The van der Waals surface area contributed by atoms with Crippen LogP contribution in [0.4, 0.5) is 5.69 Å². The van der Waals surface area contributed by atoms with Crippen LogP contribution in [-0.4, -0.2) is 36.9 Å². The summed E-state index contributed by atoms with van der Waals surface area (Å²) in [6.07, 6.45) is 3.24. The second-order valence-corrected chi connectivity index (χ2v) is 6.92. The van der Waals surface area contributed by atoms with E-state index in [0.717, 1.165) is 49.4 Å². The molecule has 0 spiro atoms. The average molecular weight is 366 g/mol. The minimum atomic E-state index is 0.0195. The van der Waals surface area contributed by atoms with Crippen LogP contribution in [0.25, 0.3) is 0 Å². The van der Waals surface area contributed by atoms with Crippen molar-refractivity contribution in [2.75, 3.05) is 25.5 Å². The Bertz CT molecular complexity index is 768. The Hall–Kier alpha value is -2.82. The predicted octanol–water partition coefficient (Wildman–Crippen LogP) is 3.97. The van der Waals surface area contributed by atoms with E-state index in [4.69, 9.17) is 4.74 Å². The second-order valence-electron chi connectivity index (χ2n) is 6.92. The number of rotatable bonds is 6. The van der Waals surface area contributed by atoms with Gasteiger partial charge in [0.25, 0.3) is 5.91 Å². The standard InChI is InChI=1S/C22H26N2O3/c1-27-20-9-5-8-19(16-20)23-21(25)11-10-17-12-14-24(15-13-17)22(26)18-6-3-2-4-7-18/h2-9,16-17H,10-15H2,1H3,(H,23,25). The highest BCUT2D eigenvalue weighted by molar-refractivity contribution is 5.94. The lowest BCUT2D eigenvalue weighted by Gasteiger charge is -2.32. The number of likely N-dealkylation sites (tertiary alicyclic amines) is 1. The van der Waals surface area contributed by atoms with E-state index in [9.17, 15) is 9.59 Å². The minimum Gasteiger partial charge on any atom is -0.497 e. The molecule has 142 valence electrons. The van der Waals surface area contributed by atoms with Crippen LogP contribution in [0.15, 0.2) is 54.6 Å². The maximum atomic E-state index is 12.5. The first-order valence-electron chi connectivity index (χ1n) is 9.44. The van der Waals surface area contributed by atoms with Gasteiger partial charge in [-0.15, -0.1) is 0 Å². The molecule has 1 aliphatic rings. The number of carbonyl (C=O) groups excluding carboxylic acids is 2. The highest BCUT2D eigenvalue weighted by Gasteiger charge is 2.23. The largest absolute Gasteiger partial charge is 0.497 e. The fraction of sp³-hybridized carbons (Fsp3) is 0.364. The summed E-state index contributed by atoms with van der Waals surface area (Å²) in [6, 6.07) is 16.8. The molecular weight excluding hydrogens is 340 g/mol. The zero-order chi connectivity index (χ0) is 19.1. The van der Waals surface area contributed by atoms with Crippen LogP contribution in [0.5, 0.6) is 5.75 Å². The smallest absolute Gasteiger partial charge is 0.253 e. The molecule has 1 N–H and O–H groups in total. The topological polar surface area (TPSA) is 58.6 Å². The molecule has 2 aromatic rings. The Labute approximate surface area is 160 Å². The summed E-state index contributed by atoms with van der Waals surface area (Å²) >= 11 is 0. The average Bonchev–Trinajstić information content (AvgIpc) is 2.73. The molecule has 0 aliphatic carbocycles. The first kappa shape index (κ1) is 19.0. The van der Waals surface area contributed by atoms with Gasteiger partial charge in [-0.1, -0.05) is 24.3 Å². The Kier molecular flexibility index (Phi) is 6.47. The van der Waals surface area contributed by atoms with Crippen molar-refractivity contribution >= 4 is 17.5 Å².